The van der Waals surface area contributed by atoms with Crippen LogP contribution in [0.25, 0.3) is 6.08 Å². The molecule has 0 spiro atoms. The maximum absolute atomic E-state index is 12.8. The Bertz CT molecular complexity index is 1390. The third-order valence-electron chi connectivity index (χ3n) is 5.88. The number of nitrogens with one attached hydrogen (secondary N) is 1. The molecule has 7 nitrogen and oxygen atoms in total. The molecular formula is C28H26ClN3O4S3. The van der Waals surface area contributed by atoms with Crippen LogP contribution < -0.4 is 5.32 Å². The number of carbonyl (C=O) groups is 3. The first-order valence-corrected chi connectivity index (χ1v) is 14.7. The lowest BCUT2D eigenvalue weighted by molar-refractivity contribution is -0.122. The molecule has 0 atom stereocenters. The van der Waals surface area contributed by atoms with E-state index in [0.717, 1.165) is 35.3 Å². The molecule has 1 fully saturated rings. The Hall–Kier alpha value is -3.05. The smallest absolute Gasteiger partial charge is 0.337 e. The molecule has 202 valence electrons. The molecule has 0 aliphatic carbocycles. The fourth-order valence-corrected chi connectivity index (χ4v) is 6.14. The molecule has 1 aliphatic heterocycles. The van der Waals surface area contributed by atoms with E-state index in [-0.39, 0.29) is 11.8 Å². The van der Waals surface area contributed by atoms with E-state index in [2.05, 4.69) is 10.3 Å². The predicted octanol–water partition coefficient (Wildman–Crippen LogP) is 6.57. The van der Waals surface area contributed by atoms with Crippen LogP contribution in [0.2, 0.25) is 5.02 Å². The highest BCUT2D eigenvalue weighted by Gasteiger charge is 2.31. The number of anilines is 1. The van der Waals surface area contributed by atoms with Gasteiger partial charge in [-0.15, -0.1) is 11.3 Å². The standard InChI is InChI=1S/C28H26ClN3O4S3/c1-36-26(35)20-10-6-19(7-11-20)16-23-25(34)32(28(37)39-23)14-4-2-3-5-24(33)31-27-30-17-22(38-27)15-18-8-12-21(29)13-9-18/h6-13,16-17H,2-5,14-15H2,1H3,(H,30,31,33)/b23-16-. The van der Waals surface area contributed by atoms with E-state index >= 15 is 0 Å². The summed E-state index contributed by atoms with van der Waals surface area (Å²) >= 11 is 14.1. The van der Waals surface area contributed by atoms with Crippen LogP contribution in [0, 0.1) is 0 Å². The normalized spacial score (nSPS) is 14.2. The number of thiocarbonyl (C=S) groups is 1. The van der Waals surface area contributed by atoms with Gasteiger partial charge in [0.2, 0.25) is 5.91 Å². The lowest BCUT2D eigenvalue weighted by Crippen LogP contribution is -2.29. The maximum atomic E-state index is 12.8. The van der Waals surface area contributed by atoms with Crippen molar-refractivity contribution in [3.63, 3.8) is 0 Å². The largest absolute Gasteiger partial charge is 0.465 e. The first-order valence-electron chi connectivity index (χ1n) is 12.2. The van der Waals surface area contributed by atoms with Gasteiger partial charge in [0.25, 0.3) is 5.91 Å². The fraction of sp³-hybridized carbons (Fsp3) is 0.250. The number of thiazole rings is 1. The van der Waals surface area contributed by atoms with Gasteiger partial charge in [0.1, 0.15) is 4.32 Å². The SMILES string of the molecule is COC(=O)c1ccc(/C=C2\SC(=S)N(CCCCCC(=O)Nc3ncc(Cc4ccc(Cl)cc4)s3)C2=O)cc1. The number of ether oxygens (including phenoxy) is 1. The first kappa shape index (κ1) is 28.9. The van der Waals surface area contributed by atoms with Gasteiger partial charge in [0.15, 0.2) is 5.13 Å². The van der Waals surface area contributed by atoms with E-state index in [1.807, 2.05) is 24.3 Å². The molecule has 3 aromatic rings. The summed E-state index contributed by atoms with van der Waals surface area (Å²) in [5.41, 5.74) is 2.38. The molecule has 0 saturated carbocycles. The molecule has 11 heteroatoms. The Morgan fingerprint density at radius 1 is 1.10 bits per heavy atom. The van der Waals surface area contributed by atoms with E-state index in [4.69, 9.17) is 28.6 Å². The van der Waals surface area contributed by atoms with Crippen LogP contribution >= 0.6 is 46.9 Å². The lowest BCUT2D eigenvalue weighted by Gasteiger charge is -2.14. The highest BCUT2D eigenvalue weighted by molar-refractivity contribution is 8.26. The summed E-state index contributed by atoms with van der Waals surface area (Å²) in [6, 6.07) is 14.5. The van der Waals surface area contributed by atoms with Gasteiger partial charge in [-0.2, -0.15) is 0 Å². The van der Waals surface area contributed by atoms with Crippen molar-refractivity contribution in [1.82, 2.24) is 9.88 Å². The number of hydrogen-bond acceptors (Lipinski definition) is 8. The number of thioether (sulfide) groups is 1. The highest BCUT2D eigenvalue weighted by Crippen LogP contribution is 2.33. The van der Waals surface area contributed by atoms with Crippen molar-refractivity contribution in [2.45, 2.75) is 32.1 Å². The summed E-state index contributed by atoms with van der Waals surface area (Å²) in [5, 5.41) is 4.16. The van der Waals surface area contributed by atoms with Crippen LogP contribution in [0.5, 0.6) is 0 Å². The molecule has 39 heavy (non-hydrogen) atoms. The van der Waals surface area contributed by atoms with E-state index < -0.39 is 5.97 Å². The summed E-state index contributed by atoms with van der Waals surface area (Å²) < 4.78 is 5.23. The first-order chi connectivity index (χ1) is 18.8. The quantitative estimate of drug-likeness (QED) is 0.115. The molecule has 2 amide bonds. The number of aromatic nitrogens is 1. The summed E-state index contributed by atoms with van der Waals surface area (Å²) in [5.74, 6) is -0.611. The van der Waals surface area contributed by atoms with Gasteiger partial charge >= 0.3 is 5.97 Å². The number of hydrogen-bond donors (Lipinski definition) is 1. The molecule has 1 aromatic heterocycles. The zero-order valence-corrected chi connectivity index (χ0v) is 24.4. The Morgan fingerprint density at radius 3 is 2.56 bits per heavy atom. The van der Waals surface area contributed by atoms with Gasteiger partial charge < -0.3 is 10.1 Å². The van der Waals surface area contributed by atoms with E-state index in [0.29, 0.717) is 44.3 Å². The average molecular weight is 600 g/mol. The van der Waals surface area contributed by atoms with E-state index in [9.17, 15) is 14.4 Å². The monoisotopic (exact) mass is 599 g/mol. The van der Waals surface area contributed by atoms with Crippen molar-refractivity contribution in [2.24, 2.45) is 0 Å². The molecule has 0 radical (unpaired) electrons. The minimum absolute atomic E-state index is 0.0749. The number of esters is 1. The lowest BCUT2D eigenvalue weighted by atomic mass is 10.1. The van der Waals surface area contributed by atoms with Crippen molar-refractivity contribution in [3.05, 3.63) is 86.2 Å². The van der Waals surface area contributed by atoms with Crippen LogP contribution in [0.1, 0.15) is 52.0 Å². The topological polar surface area (TPSA) is 88.6 Å². The van der Waals surface area contributed by atoms with E-state index in [1.165, 1.54) is 30.2 Å². The number of benzene rings is 2. The van der Waals surface area contributed by atoms with Crippen molar-refractivity contribution < 1.29 is 19.1 Å². The van der Waals surface area contributed by atoms with E-state index in [1.54, 1.807) is 41.4 Å². The number of methoxy groups -OCH3 is 1. The van der Waals surface area contributed by atoms with Gasteiger partial charge in [-0.1, -0.05) is 66.3 Å². The van der Waals surface area contributed by atoms with Crippen molar-refractivity contribution >= 4 is 80.2 Å². The predicted molar refractivity (Wildman–Crippen MR) is 161 cm³/mol. The Labute approximate surface area is 245 Å². The molecule has 2 heterocycles. The Balaban J connectivity index is 1.17. The minimum atomic E-state index is -0.409. The Morgan fingerprint density at radius 2 is 1.85 bits per heavy atom. The number of amides is 2. The second-order valence-electron chi connectivity index (χ2n) is 8.74. The van der Waals surface area contributed by atoms with Crippen LogP contribution in [-0.4, -0.2) is 45.6 Å². The van der Waals surface area contributed by atoms with Crippen molar-refractivity contribution in [1.29, 1.82) is 0 Å². The van der Waals surface area contributed by atoms with Crippen molar-refractivity contribution in [2.75, 3.05) is 19.0 Å². The molecule has 1 aliphatic rings. The number of rotatable bonds is 11. The van der Waals surface area contributed by atoms with Crippen LogP contribution in [0.15, 0.2) is 59.6 Å². The molecule has 1 N–H and O–H groups in total. The van der Waals surface area contributed by atoms with Crippen molar-refractivity contribution in [3.8, 4) is 0 Å². The molecule has 1 saturated heterocycles. The summed E-state index contributed by atoms with van der Waals surface area (Å²) in [6.07, 6.45) is 6.89. The Kier molecular flexibility index (Phi) is 10.3. The summed E-state index contributed by atoms with van der Waals surface area (Å²) in [7, 11) is 1.33. The molecular weight excluding hydrogens is 574 g/mol. The number of carbonyl (C=O) groups excluding carboxylic acids is 3. The van der Waals surface area contributed by atoms with Gasteiger partial charge in [0.05, 0.1) is 17.6 Å². The van der Waals surface area contributed by atoms with Crippen LogP contribution in [-0.2, 0) is 20.7 Å². The minimum Gasteiger partial charge on any atom is -0.465 e. The average Bonchev–Trinajstić information content (AvgIpc) is 3.47. The highest BCUT2D eigenvalue weighted by atomic mass is 35.5. The van der Waals surface area contributed by atoms with Crippen LogP contribution in [0.3, 0.4) is 0 Å². The summed E-state index contributed by atoms with van der Waals surface area (Å²) in [6.45, 7) is 0.505. The van der Waals surface area contributed by atoms with Gasteiger partial charge in [-0.05, 0) is 54.3 Å². The number of unbranched alkanes of at least 4 members (excludes halogenated alkanes) is 2. The fourth-order valence-electron chi connectivity index (χ4n) is 3.84. The molecule has 2 aromatic carbocycles. The zero-order chi connectivity index (χ0) is 27.8. The zero-order valence-electron chi connectivity index (χ0n) is 21.1. The second-order valence-corrected chi connectivity index (χ2v) is 12.0. The maximum Gasteiger partial charge on any atom is 0.337 e. The molecule has 4 rings (SSSR count). The number of nitrogens with zero attached hydrogens (tertiary/aromatic N) is 2. The second kappa shape index (κ2) is 13.8. The van der Waals surface area contributed by atoms with Gasteiger partial charge in [-0.25, -0.2) is 9.78 Å². The number of halogens is 1. The third-order valence-corrected chi connectivity index (χ3v) is 8.42. The van der Waals surface area contributed by atoms with Crippen LogP contribution in [0.4, 0.5) is 5.13 Å². The molecule has 0 unspecified atom stereocenters. The van der Waals surface area contributed by atoms with Gasteiger partial charge in [-0.3, -0.25) is 14.5 Å². The molecule has 0 bridgehead atoms. The third kappa shape index (κ3) is 8.22. The van der Waals surface area contributed by atoms with Gasteiger partial charge in [0, 0.05) is 35.5 Å². The summed E-state index contributed by atoms with van der Waals surface area (Å²) in [4.78, 5) is 44.3.